The first-order valence-electron chi connectivity index (χ1n) is 8.69. The molecule has 0 unspecified atom stereocenters. The van der Waals surface area contributed by atoms with Crippen LogP contribution in [0.5, 0.6) is 0 Å². The fourth-order valence-electron chi connectivity index (χ4n) is 2.99. The van der Waals surface area contributed by atoms with Crippen LogP contribution < -0.4 is 5.73 Å². The number of aromatic nitrogens is 2. The first-order chi connectivity index (χ1) is 12.2. The molecule has 134 valence electrons. The van der Waals surface area contributed by atoms with Gasteiger partial charge in [0.15, 0.2) is 5.82 Å². The first kappa shape index (κ1) is 17.6. The van der Waals surface area contributed by atoms with Crippen LogP contribution in [0.15, 0.2) is 28.8 Å². The molecule has 0 saturated carbocycles. The predicted molar refractivity (Wildman–Crippen MR) is 93.0 cm³/mol. The van der Waals surface area contributed by atoms with E-state index in [2.05, 4.69) is 10.1 Å². The molecule has 1 aliphatic rings. The van der Waals surface area contributed by atoms with Crippen molar-refractivity contribution in [2.75, 3.05) is 26.2 Å². The minimum absolute atomic E-state index is 0.00754. The van der Waals surface area contributed by atoms with E-state index in [0.717, 1.165) is 19.3 Å². The molecule has 7 nitrogen and oxygen atoms in total. The molecule has 1 amide bonds. The van der Waals surface area contributed by atoms with Crippen LogP contribution in [0.3, 0.4) is 0 Å². The fraction of sp³-hybridized carbons (Fsp3) is 0.500. The van der Waals surface area contributed by atoms with Crippen LogP contribution in [0.25, 0.3) is 11.5 Å². The van der Waals surface area contributed by atoms with Gasteiger partial charge in [-0.05, 0) is 44.9 Å². The number of carbonyl (C=O) groups excluding carboxylic acids is 1. The van der Waals surface area contributed by atoms with Gasteiger partial charge >= 0.3 is 0 Å². The molecular weight excluding hydrogens is 320 g/mol. The maximum absolute atomic E-state index is 12.9. The highest BCUT2D eigenvalue weighted by atomic mass is 16.5. The van der Waals surface area contributed by atoms with E-state index in [1.165, 1.54) is 0 Å². The highest BCUT2D eigenvalue weighted by Crippen LogP contribution is 2.25. The van der Waals surface area contributed by atoms with E-state index >= 15 is 0 Å². The highest BCUT2D eigenvalue weighted by molar-refractivity contribution is 6.00. The zero-order chi connectivity index (χ0) is 17.6. The summed E-state index contributed by atoms with van der Waals surface area (Å²) in [5.74, 6) is 0.918. The van der Waals surface area contributed by atoms with Gasteiger partial charge in [0.1, 0.15) is 0 Å². The molecular formula is C18H24N4O3. The van der Waals surface area contributed by atoms with Crippen LogP contribution in [-0.2, 0) is 4.74 Å². The molecule has 3 rings (SSSR count). The summed E-state index contributed by atoms with van der Waals surface area (Å²) in [5.41, 5.74) is 6.75. The second-order valence-corrected chi connectivity index (χ2v) is 6.20. The van der Waals surface area contributed by atoms with E-state index in [1.807, 2.05) is 23.1 Å². The fourth-order valence-corrected chi connectivity index (χ4v) is 2.99. The second kappa shape index (κ2) is 8.22. The van der Waals surface area contributed by atoms with Crippen molar-refractivity contribution in [3.8, 4) is 11.5 Å². The van der Waals surface area contributed by atoms with E-state index < -0.39 is 0 Å². The molecule has 25 heavy (non-hydrogen) atoms. The Kier molecular flexibility index (Phi) is 5.78. The zero-order valence-corrected chi connectivity index (χ0v) is 14.5. The Morgan fingerprint density at radius 2 is 2.12 bits per heavy atom. The summed E-state index contributed by atoms with van der Waals surface area (Å²) in [4.78, 5) is 19.1. The van der Waals surface area contributed by atoms with Gasteiger partial charge in [-0.25, -0.2) is 0 Å². The summed E-state index contributed by atoms with van der Waals surface area (Å²) in [6.07, 6.45) is 2.77. The number of nitrogens with zero attached hydrogens (tertiary/aromatic N) is 3. The van der Waals surface area contributed by atoms with Crippen LogP contribution in [0.2, 0.25) is 0 Å². The number of hydrogen-bond acceptors (Lipinski definition) is 6. The van der Waals surface area contributed by atoms with Crippen LogP contribution in [0.1, 0.15) is 35.4 Å². The van der Waals surface area contributed by atoms with Crippen molar-refractivity contribution in [3.63, 3.8) is 0 Å². The van der Waals surface area contributed by atoms with Gasteiger partial charge in [0.2, 0.25) is 0 Å². The van der Waals surface area contributed by atoms with Gasteiger partial charge in [-0.2, -0.15) is 4.98 Å². The Balaban J connectivity index is 1.67. The van der Waals surface area contributed by atoms with Gasteiger partial charge in [0.05, 0.1) is 17.2 Å². The standard InChI is InChI=1S/C18H24N4O3/c1-13-20-17(25-21-13)15-5-2-3-6-16(15)18(23)22-10-7-14(8-11-22)24-12-4-9-19/h2-3,5-6,14H,4,7-12,19H2,1H3. The minimum atomic E-state index is -0.00754. The molecule has 2 heterocycles. The summed E-state index contributed by atoms with van der Waals surface area (Å²) in [5, 5.41) is 3.81. The number of carbonyl (C=O) groups is 1. The number of nitrogens with two attached hydrogens (primary N) is 1. The molecule has 1 aromatic carbocycles. The number of rotatable bonds is 6. The number of aryl methyl sites for hydroxylation is 1. The summed E-state index contributed by atoms with van der Waals surface area (Å²) in [7, 11) is 0. The highest BCUT2D eigenvalue weighted by Gasteiger charge is 2.26. The maximum Gasteiger partial charge on any atom is 0.258 e. The second-order valence-electron chi connectivity index (χ2n) is 6.20. The average molecular weight is 344 g/mol. The molecule has 0 bridgehead atoms. The normalized spacial score (nSPS) is 15.5. The van der Waals surface area contributed by atoms with Crippen LogP contribution in [0.4, 0.5) is 0 Å². The van der Waals surface area contributed by atoms with Crippen LogP contribution >= 0.6 is 0 Å². The van der Waals surface area contributed by atoms with Crippen molar-refractivity contribution in [1.82, 2.24) is 15.0 Å². The lowest BCUT2D eigenvalue weighted by atomic mass is 10.0. The molecule has 0 radical (unpaired) electrons. The zero-order valence-electron chi connectivity index (χ0n) is 14.5. The van der Waals surface area contributed by atoms with Gasteiger partial charge in [0, 0.05) is 19.7 Å². The Labute approximate surface area is 147 Å². The summed E-state index contributed by atoms with van der Waals surface area (Å²) < 4.78 is 11.0. The number of ether oxygens (including phenoxy) is 1. The average Bonchev–Trinajstić information content (AvgIpc) is 3.08. The summed E-state index contributed by atoms with van der Waals surface area (Å²) >= 11 is 0. The molecule has 1 aliphatic heterocycles. The van der Waals surface area contributed by atoms with Crippen molar-refractivity contribution in [2.45, 2.75) is 32.3 Å². The van der Waals surface area contributed by atoms with Gasteiger partial charge in [-0.15, -0.1) is 0 Å². The molecule has 2 N–H and O–H groups in total. The van der Waals surface area contributed by atoms with Crippen LogP contribution in [0, 0.1) is 6.92 Å². The van der Waals surface area contributed by atoms with E-state index in [4.69, 9.17) is 15.0 Å². The lowest BCUT2D eigenvalue weighted by Gasteiger charge is -2.32. The third kappa shape index (κ3) is 4.24. The Morgan fingerprint density at radius 1 is 1.36 bits per heavy atom. The molecule has 1 aromatic heterocycles. The van der Waals surface area contributed by atoms with Crippen molar-refractivity contribution in [1.29, 1.82) is 0 Å². The maximum atomic E-state index is 12.9. The van der Waals surface area contributed by atoms with Crippen molar-refractivity contribution in [3.05, 3.63) is 35.7 Å². The smallest absolute Gasteiger partial charge is 0.258 e. The van der Waals surface area contributed by atoms with Crippen molar-refractivity contribution < 1.29 is 14.1 Å². The van der Waals surface area contributed by atoms with Crippen LogP contribution in [-0.4, -0.2) is 53.3 Å². The molecule has 2 aromatic rings. The van der Waals surface area contributed by atoms with Gasteiger partial charge in [-0.1, -0.05) is 17.3 Å². The SMILES string of the molecule is Cc1noc(-c2ccccc2C(=O)N2CCC(OCCCN)CC2)n1. The number of likely N-dealkylation sites (tertiary alicyclic amines) is 1. The lowest BCUT2D eigenvalue weighted by Crippen LogP contribution is -2.41. The van der Waals surface area contributed by atoms with Gasteiger partial charge in [-0.3, -0.25) is 4.79 Å². The van der Waals surface area contributed by atoms with Gasteiger partial charge < -0.3 is 19.9 Å². The van der Waals surface area contributed by atoms with Gasteiger partial charge in [0.25, 0.3) is 11.8 Å². The monoisotopic (exact) mass is 344 g/mol. The Morgan fingerprint density at radius 3 is 2.80 bits per heavy atom. The molecule has 0 aliphatic carbocycles. The molecule has 0 atom stereocenters. The molecule has 1 saturated heterocycles. The number of hydrogen-bond donors (Lipinski definition) is 1. The quantitative estimate of drug-likeness (QED) is 0.806. The van der Waals surface area contributed by atoms with E-state index in [-0.39, 0.29) is 12.0 Å². The van der Waals surface area contributed by atoms with Crippen molar-refractivity contribution >= 4 is 5.91 Å². The van der Waals surface area contributed by atoms with E-state index in [0.29, 0.717) is 49.1 Å². The number of benzene rings is 1. The van der Waals surface area contributed by atoms with Crippen molar-refractivity contribution in [2.24, 2.45) is 5.73 Å². The minimum Gasteiger partial charge on any atom is -0.378 e. The molecule has 0 spiro atoms. The Bertz CT molecular complexity index is 708. The lowest BCUT2D eigenvalue weighted by molar-refractivity contribution is 0.00846. The summed E-state index contributed by atoms with van der Waals surface area (Å²) in [6.45, 7) is 4.46. The number of amides is 1. The molecule has 1 fully saturated rings. The van der Waals surface area contributed by atoms with E-state index in [1.54, 1.807) is 13.0 Å². The molecule has 7 heteroatoms. The van der Waals surface area contributed by atoms with E-state index in [9.17, 15) is 4.79 Å². The first-order valence-corrected chi connectivity index (χ1v) is 8.69. The largest absolute Gasteiger partial charge is 0.378 e. The summed E-state index contributed by atoms with van der Waals surface area (Å²) in [6, 6.07) is 7.36. The Hall–Kier alpha value is -2.25. The predicted octanol–water partition coefficient (Wildman–Crippen LogP) is 2.02. The third-order valence-corrected chi connectivity index (χ3v) is 4.35. The third-order valence-electron chi connectivity index (χ3n) is 4.35. The topological polar surface area (TPSA) is 94.5 Å². The number of piperidine rings is 1.